The quantitative estimate of drug-likeness (QED) is 0.804. The maximum absolute atomic E-state index is 12.1. The van der Waals surface area contributed by atoms with Gasteiger partial charge in [0.05, 0.1) is 38.8 Å². The first-order chi connectivity index (χ1) is 12.1. The summed E-state index contributed by atoms with van der Waals surface area (Å²) in [7, 11) is 4.68. The van der Waals surface area contributed by atoms with Crippen molar-refractivity contribution < 1.29 is 19.0 Å². The van der Waals surface area contributed by atoms with E-state index in [1.807, 2.05) is 0 Å². The van der Waals surface area contributed by atoms with E-state index in [-0.39, 0.29) is 5.91 Å². The molecule has 1 aromatic heterocycles. The topological polar surface area (TPSA) is 81.7 Å². The highest BCUT2D eigenvalue weighted by molar-refractivity contribution is 5.95. The van der Waals surface area contributed by atoms with Crippen LogP contribution in [0.4, 0.5) is 11.4 Å². The van der Waals surface area contributed by atoms with Crippen molar-refractivity contribution in [2.75, 3.05) is 26.6 Å². The number of ether oxygens (including phenoxy) is 3. The minimum atomic E-state index is -0.108. The molecular formula is C18H21N3O4. The van der Waals surface area contributed by atoms with E-state index in [0.29, 0.717) is 34.5 Å². The fraction of sp³-hybridized carbons (Fsp3) is 0.333. The summed E-state index contributed by atoms with van der Waals surface area (Å²) in [6, 6.07) is 5.64. The number of benzene rings is 1. The Morgan fingerprint density at radius 2 is 1.68 bits per heavy atom. The molecule has 2 N–H and O–H groups in total. The number of hydrogen-bond donors (Lipinski definition) is 2. The molecule has 0 saturated heterocycles. The summed E-state index contributed by atoms with van der Waals surface area (Å²) in [5, 5.41) is 6.16. The number of nitrogens with zero attached hydrogens (tertiary/aromatic N) is 1. The van der Waals surface area contributed by atoms with E-state index < -0.39 is 0 Å². The minimum Gasteiger partial charge on any atom is -0.493 e. The lowest BCUT2D eigenvalue weighted by Crippen LogP contribution is -2.25. The summed E-state index contributed by atoms with van der Waals surface area (Å²) in [5.74, 6) is 1.50. The lowest BCUT2D eigenvalue weighted by molar-refractivity contribution is 0.0950. The number of aromatic nitrogens is 1. The molecule has 1 fully saturated rings. The van der Waals surface area contributed by atoms with Crippen LogP contribution in [0.5, 0.6) is 17.2 Å². The Morgan fingerprint density at radius 3 is 2.24 bits per heavy atom. The number of pyridine rings is 1. The van der Waals surface area contributed by atoms with Crippen molar-refractivity contribution in [1.29, 1.82) is 0 Å². The Labute approximate surface area is 146 Å². The van der Waals surface area contributed by atoms with Crippen molar-refractivity contribution in [3.05, 3.63) is 36.2 Å². The van der Waals surface area contributed by atoms with Crippen LogP contribution < -0.4 is 24.8 Å². The van der Waals surface area contributed by atoms with Gasteiger partial charge in [-0.15, -0.1) is 0 Å². The van der Waals surface area contributed by atoms with Crippen LogP contribution in [0, 0.1) is 0 Å². The fourth-order valence-electron chi connectivity index (χ4n) is 2.45. The number of carbonyl (C=O) groups is 1. The smallest absolute Gasteiger partial charge is 0.253 e. The van der Waals surface area contributed by atoms with Crippen LogP contribution >= 0.6 is 0 Å². The average Bonchev–Trinajstić information content (AvgIpc) is 3.45. The van der Waals surface area contributed by atoms with E-state index in [2.05, 4.69) is 15.6 Å². The van der Waals surface area contributed by atoms with Gasteiger partial charge in [-0.2, -0.15) is 0 Å². The second kappa shape index (κ2) is 7.29. The van der Waals surface area contributed by atoms with Gasteiger partial charge in [-0.3, -0.25) is 9.78 Å². The van der Waals surface area contributed by atoms with E-state index in [0.717, 1.165) is 18.5 Å². The fourth-order valence-corrected chi connectivity index (χ4v) is 2.45. The number of methoxy groups -OCH3 is 3. The molecule has 2 aromatic rings. The third-order valence-corrected chi connectivity index (χ3v) is 3.87. The predicted octanol–water partition coefficient (Wildman–Crippen LogP) is 2.74. The SMILES string of the molecule is COc1cc(Nc2cncc(C(=O)NC3CC3)c2)cc(OC)c1OC. The Morgan fingerprint density at radius 1 is 1.00 bits per heavy atom. The summed E-state index contributed by atoms with van der Waals surface area (Å²) in [6.45, 7) is 0. The molecule has 0 aliphatic heterocycles. The van der Waals surface area contributed by atoms with Crippen molar-refractivity contribution in [3.63, 3.8) is 0 Å². The summed E-state index contributed by atoms with van der Waals surface area (Å²) < 4.78 is 16.0. The minimum absolute atomic E-state index is 0.108. The molecule has 0 radical (unpaired) electrons. The first-order valence-electron chi connectivity index (χ1n) is 7.97. The lowest BCUT2D eigenvalue weighted by atomic mass is 10.2. The second-order valence-corrected chi connectivity index (χ2v) is 5.75. The number of anilines is 2. The molecule has 0 unspecified atom stereocenters. The highest BCUT2D eigenvalue weighted by atomic mass is 16.5. The van der Waals surface area contributed by atoms with Gasteiger partial charge in [0.1, 0.15) is 0 Å². The van der Waals surface area contributed by atoms with E-state index in [9.17, 15) is 4.79 Å². The van der Waals surface area contributed by atoms with Gasteiger partial charge >= 0.3 is 0 Å². The summed E-state index contributed by atoms with van der Waals surface area (Å²) >= 11 is 0. The van der Waals surface area contributed by atoms with Gasteiger partial charge in [0.15, 0.2) is 11.5 Å². The van der Waals surface area contributed by atoms with Crippen LogP contribution in [-0.2, 0) is 0 Å². The van der Waals surface area contributed by atoms with Crippen LogP contribution in [0.1, 0.15) is 23.2 Å². The van der Waals surface area contributed by atoms with Gasteiger partial charge in [-0.1, -0.05) is 0 Å². The number of rotatable bonds is 7. The second-order valence-electron chi connectivity index (χ2n) is 5.75. The molecule has 1 heterocycles. The van der Waals surface area contributed by atoms with Crippen molar-refractivity contribution in [2.45, 2.75) is 18.9 Å². The van der Waals surface area contributed by atoms with Crippen molar-refractivity contribution in [2.24, 2.45) is 0 Å². The van der Waals surface area contributed by atoms with Crippen molar-refractivity contribution in [1.82, 2.24) is 10.3 Å². The normalized spacial score (nSPS) is 13.1. The lowest BCUT2D eigenvalue weighted by Gasteiger charge is -2.15. The third kappa shape index (κ3) is 3.93. The number of amides is 1. The molecule has 0 spiro atoms. The molecule has 7 nitrogen and oxygen atoms in total. The van der Waals surface area contributed by atoms with E-state index in [1.54, 1.807) is 51.9 Å². The van der Waals surface area contributed by atoms with Gasteiger partial charge in [0, 0.05) is 30.1 Å². The van der Waals surface area contributed by atoms with Crippen LogP contribution in [0.2, 0.25) is 0 Å². The van der Waals surface area contributed by atoms with Crippen LogP contribution in [0.25, 0.3) is 0 Å². The molecule has 132 valence electrons. The predicted molar refractivity (Wildman–Crippen MR) is 94.1 cm³/mol. The Hall–Kier alpha value is -2.96. The van der Waals surface area contributed by atoms with Gasteiger partial charge in [0.2, 0.25) is 5.75 Å². The molecule has 7 heteroatoms. The Kier molecular flexibility index (Phi) is 4.92. The Balaban J connectivity index is 1.83. The molecule has 1 aromatic carbocycles. The zero-order valence-electron chi connectivity index (χ0n) is 14.5. The monoisotopic (exact) mass is 343 g/mol. The molecule has 25 heavy (non-hydrogen) atoms. The van der Waals surface area contributed by atoms with Gasteiger partial charge in [-0.25, -0.2) is 0 Å². The van der Waals surface area contributed by atoms with E-state index >= 15 is 0 Å². The number of carbonyl (C=O) groups excluding carboxylic acids is 1. The summed E-state index contributed by atoms with van der Waals surface area (Å²) in [6.07, 6.45) is 5.29. The van der Waals surface area contributed by atoms with Crippen molar-refractivity contribution >= 4 is 17.3 Å². The Bertz CT molecular complexity index is 750. The highest BCUT2D eigenvalue weighted by Gasteiger charge is 2.24. The zero-order valence-corrected chi connectivity index (χ0v) is 14.5. The van der Waals surface area contributed by atoms with Crippen LogP contribution in [0.15, 0.2) is 30.6 Å². The van der Waals surface area contributed by atoms with Gasteiger partial charge in [-0.05, 0) is 18.9 Å². The van der Waals surface area contributed by atoms with Gasteiger partial charge in [0.25, 0.3) is 5.91 Å². The number of hydrogen-bond acceptors (Lipinski definition) is 6. The van der Waals surface area contributed by atoms with Gasteiger partial charge < -0.3 is 24.8 Å². The summed E-state index contributed by atoms with van der Waals surface area (Å²) in [5.41, 5.74) is 1.94. The average molecular weight is 343 g/mol. The molecule has 1 aliphatic carbocycles. The standard InChI is InChI=1S/C18H21N3O4/c1-23-15-7-13(8-16(24-2)17(15)25-3)20-14-6-11(9-19-10-14)18(22)21-12-4-5-12/h6-10,12,20H,4-5H2,1-3H3,(H,21,22). The maximum Gasteiger partial charge on any atom is 0.253 e. The van der Waals surface area contributed by atoms with Crippen LogP contribution in [-0.4, -0.2) is 38.3 Å². The zero-order chi connectivity index (χ0) is 17.8. The molecule has 0 bridgehead atoms. The molecule has 3 rings (SSSR count). The maximum atomic E-state index is 12.1. The number of nitrogens with one attached hydrogen (secondary N) is 2. The van der Waals surface area contributed by atoms with E-state index in [4.69, 9.17) is 14.2 Å². The first-order valence-corrected chi connectivity index (χ1v) is 7.97. The molecule has 1 saturated carbocycles. The van der Waals surface area contributed by atoms with Crippen LogP contribution in [0.3, 0.4) is 0 Å². The molecule has 1 aliphatic rings. The largest absolute Gasteiger partial charge is 0.493 e. The highest BCUT2D eigenvalue weighted by Crippen LogP contribution is 2.40. The molecule has 0 atom stereocenters. The first kappa shape index (κ1) is 16.9. The van der Waals surface area contributed by atoms with Crippen molar-refractivity contribution in [3.8, 4) is 17.2 Å². The molecular weight excluding hydrogens is 322 g/mol. The summed E-state index contributed by atoms with van der Waals surface area (Å²) in [4.78, 5) is 16.3. The van der Waals surface area contributed by atoms with E-state index in [1.165, 1.54) is 0 Å². The molecule has 1 amide bonds. The third-order valence-electron chi connectivity index (χ3n) is 3.87.